The second-order valence-corrected chi connectivity index (χ2v) is 8.08. The molecule has 2 heterocycles. The molecule has 6 nitrogen and oxygen atoms in total. The van der Waals surface area contributed by atoms with Crippen molar-refractivity contribution in [2.45, 2.75) is 26.5 Å². The molecule has 1 aliphatic heterocycles. The van der Waals surface area contributed by atoms with Gasteiger partial charge < -0.3 is 14.4 Å². The Labute approximate surface area is 179 Å². The van der Waals surface area contributed by atoms with Crippen molar-refractivity contribution in [3.8, 4) is 5.75 Å². The standard InChI is InChI=1S/C23H22N2O4S/c1-16-6-8-19(9-7-16)28-13-21-24-20(15-30-21)23(27)29-14-22(26)25-11-10-17-4-2-3-5-18(17)12-25/h2-9,15H,10-14H2,1H3. The minimum absolute atomic E-state index is 0.194. The van der Waals surface area contributed by atoms with E-state index in [0.717, 1.165) is 23.3 Å². The summed E-state index contributed by atoms with van der Waals surface area (Å²) < 4.78 is 10.9. The smallest absolute Gasteiger partial charge is 0.358 e. The number of rotatable bonds is 6. The molecule has 2 aromatic carbocycles. The summed E-state index contributed by atoms with van der Waals surface area (Å²) in [6.45, 7) is 3.17. The van der Waals surface area contributed by atoms with E-state index in [2.05, 4.69) is 11.1 Å². The van der Waals surface area contributed by atoms with E-state index in [4.69, 9.17) is 9.47 Å². The Balaban J connectivity index is 1.26. The molecule has 0 bridgehead atoms. The molecule has 1 aromatic heterocycles. The van der Waals surface area contributed by atoms with Gasteiger partial charge in [0.25, 0.3) is 5.91 Å². The Hall–Kier alpha value is -3.19. The third-order valence-corrected chi connectivity index (χ3v) is 5.78. The minimum Gasteiger partial charge on any atom is -0.486 e. The monoisotopic (exact) mass is 422 g/mol. The van der Waals surface area contributed by atoms with Crippen molar-refractivity contribution >= 4 is 23.2 Å². The lowest BCUT2D eigenvalue weighted by molar-refractivity contribution is -0.135. The van der Waals surface area contributed by atoms with E-state index < -0.39 is 5.97 Å². The summed E-state index contributed by atoms with van der Waals surface area (Å²) in [6, 6.07) is 15.8. The number of ether oxygens (including phenoxy) is 2. The molecule has 0 saturated heterocycles. The molecule has 3 aromatic rings. The van der Waals surface area contributed by atoms with Crippen LogP contribution in [0.5, 0.6) is 5.75 Å². The van der Waals surface area contributed by atoms with E-state index in [0.29, 0.717) is 18.1 Å². The Morgan fingerprint density at radius 3 is 2.67 bits per heavy atom. The fourth-order valence-corrected chi connectivity index (χ4v) is 3.93. The van der Waals surface area contributed by atoms with Crippen molar-refractivity contribution in [3.63, 3.8) is 0 Å². The molecule has 1 amide bonds. The van der Waals surface area contributed by atoms with E-state index in [-0.39, 0.29) is 24.8 Å². The molecule has 0 unspecified atom stereocenters. The van der Waals surface area contributed by atoms with Crippen LogP contribution < -0.4 is 4.74 Å². The van der Waals surface area contributed by atoms with Crippen LogP contribution in [0.2, 0.25) is 0 Å². The molecular formula is C23H22N2O4S. The van der Waals surface area contributed by atoms with Crippen molar-refractivity contribution in [1.82, 2.24) is 9.88 Å². The zero-order valence-corrected chi connectivity index (χ0v) is 17.5. The number of hydrogen-bond acceptors (Lipinski definition) is 6. The second kappa shape index (κ2) is 9.09. The topological polar surface area (TPSA) is 68.7 Å². The molecule has 30 heavy (non-hydrogen) atoms. The zero-order valence-electron chi connectivity index (χ0n) is 16.7. The van der Waals surface area contributed by atoms with Gasteiger partial charge in [-0.25, -0.2) is 9.78 Å². The fourth-order valence-electron chi connectivity index (χ4n) is 3.25. The molecular weight excluding hydrogens is 400 g/mol. The van der Waals surface area contributed by atoms with Crippen molar-refractivity contribution in [2.75, 3.05) is 13.2 Å². The maximum atomic E-state index is 12.4. The van der Waals surface area contributed by atoms with Crippen LogP contribution in [0.3, 0.4) is 0 Å². The van der Waals surface area contributed by atoms with Crippen LogP contribution in [-0.4, -0.2) is 34.9 Å². The molecule has 7 heteroatoms. The molecule has 0 radical (unpaired) electrons. The summed E-state index contributed by atoms with van der Waals surface area (Å²) in [5.41, 5.74) is 3.76. The highest BCUT2D eigenvalue weighted by molar-refractivity contribution is 7.09. The summed E-state index contributed by atoms with van der Waals surface area (Å²) in [7, 11) is 0. The summed E-state index contributed by atoms with van der Waals surface area (Å²) in [6.07, 6.45) is 0.812. The van der Waals surface area contributed by atoms with Gasteiger partial charge in [-0.1, -0.05) is 42.0 Å². The highest BCUT2D eigenvalue weighted by Crippen LogP contribution is 2.19. The summed E-state index contributed by atoms with van der Waals surface area (Å²) in [5, 5.41) is 2.29. The molecule has 0 atom stereocenters. The van der Waals surface area contributed by atoms with Crippen molar-refractivity contribution < 1.29 is 19.1 Å². The first-order valence-electron chi connectivity index (χ1n) is 9.74. The van der Waals surface area contributed by atoms with Crippen molar-refractivity contribution in [2.24, 2.45) is 0 Å². The van der Waals surface area contributed by atoms with Gasteiger partial charge >= 0.3 is 5.97 Å². The van der Waals surface area contributed by atoms with Gasteiger partial charge in [0, 0.05) is 18.5 Å². The first-order valence-corrected chi connectivity index (χ1v) is 10.6. The van der Waals surface area contributed by atoms with Gasteiger partial charge in [-0.3, -0.25) is 4.79 Å². The number of esters is 1. The molecule has 0 fully saturated rings. The number of thiazole rings is 1. The molecule has 154 valence electrons. The van der Waals surface area contributed by atoms with Crippen LogP contribution in [0, 0.1) is 6.92 Å². The molecule has 0 spiro atoms. The number of carbonyl (C=O) groups excluding carboxylic acids is 2. The lowest BCUT2D eigenvalue weighted by Gasteiger charge is -2.28. The van der Waals surface area contributed by atoms with Gasteiger partial charge in [0.2, 0.25) is 0 Å². The number of fused-ring (bicyclic) bond motifs is 1. The highest BCUT2D eigenvalue weighted by Gasteiger charge is 2.22. The Bertz CT molecular complexity index is 1050. The van der Waals surface area contributed by atoms with Crippen LogP contribution in [0.25, 0.3) is 0 Å². The third-order valence-electron chi connectivity index (χ3n) is 4.95. The SMILES string of the molecule is Cc1ccc(OCc2nc(C(=O)OCC(=O)N3CCc4ccccc4C3)cs2)cc1. The van der Waals surface area contributed by atoms with Gasteiger partial charge in [-0.2, -0.15) is 0 Å². The van der Waals surface area contributed by atoms with E-state index in [1.165, 1.54) is 16.9 Å². The molecule has 0 N–H and O–H groups in total. The average Bonchev–Trinajstić information content (AvgIpc) is 3.26. The van der Waals surface area contributed by atoms with Crippen molar-refractivity contribution in [1.29, 1.82) is 0 Å². The Morgan fingerprint density at radius 2 is 1.87 bits per heavy atom. The Kier molecular flexibility index (Phi) is 6.09. The second-order valence-electron chi connectivity index (χ2n) is 7.14. The third kappa shape index (κ3) is 4.86. The summed E-state index contributed by atoms with van der Waals surface area (Å²) in [4.78, 5) is 30.7. The minimum atomic E-state index is -0.599. The predicted molar refractivity (Wildman–Crippen MR) is 113 cm³/mol. The fraction of sp³-hybridized carbons (Fsp3) is 0.261. The van der Waals surface area contributed by atoms with Gasteiger partial charge in [-0.05, 0) is 36.6 Å². The van der Waals surface area contributed by atoms with E-state index in [1.54, 1.807) is 10.3 Å². The van der Waals surface area contributed by atoms with E-state index >= 15 is 0 Å². The number of carbonyl (C=O) groups is 2. The normalized spacial score (nSPS) is 12.9. The largest absolute Gasteiger partial charge is 0.486 e. The lowest BCUT2D eigenvalue weighted by Crippen LogP contribution is -2.38. The van der Waals surface area contributed by atoms with E-state index in [1.807, 2.05) is 49.4 Å². The zero-order chi connectivity index (χ0) is 20.9. The molecule has 0 aliphatic carbocycles. The first-order chi connectivity index (χ1) is 14.6. The number of benzene rings is 2. The maximum absolute atomic E-state index is 12.4. The first kappa shape index (κ1) is 20.1. The number of aromatic nitrogens is 1. The predicted octanol–water partition coefficient (Wildman–Crippen LogP) is 3.77. The quantitative estimate of drug-likeness (QED) is 0.566. The number of amides is 1. The van der Waals surface area contributed by atoms with Gasteiger partial charge in [-0.15, -0.1) is 11.3 Å². The van der Waals surface area contributed by atoms with Gasteiger partial charge in [0.15, 0.2) is 12.3 Å². The molecule has 1 aliphatic rings. The lowest BCUT2D eigenvalue weighted by atomic mass is 10.00. The molecule has 0 saturated carbocycles. The van der Waals surface area contributed by atoms with Gasteiger partial charge in [0.1, 0.15) is 17.4 Å². The van der Waals surface area contributed by atoms with Crippen molar-refractivity contribution in [3.05, 3.63) is 81.3 Å². The van der Waals surface area contributed by atoms with Crippen LogP contribution in [0.4, 0.5) is 0 Å². The van der Waals surface area contributed by atoms with Crippen LogP contribution >= 0.6 is 11.3 Å². The van der Waals surface area contributed by atoms with Crippen LogP contribution in [0.1, 0.15) is 32.2 Å². The Morgan fingerprint density at radius 1 is 1.10 bits per heavy atom. The van der Waals surface area contributed by atoms with E-state index in [9.17, 15) is 9.59 Å². The average molecular weight is 423 g/mol. The molecule has 4 rings (SSSR count). The summed E-state index contributed by atoms with van der Waals surface area (Å²) >= 11 is 1.32. The van der Waals surface area contributed by atoms with Crippen LogP contribution in [0.15, 0.2) is 53.9 Å². The number of aryl methyl sites for hydroxylation is 1. The highest BCUT2D eigenvalue weighted by atomic mass is 32.1. The number of hydrogen-bond donors (Lipinski definition) is 0. The van der Waals surface area contributed by atoms with Gasteiger partial charge in [0.05, 0.1) is 0 Å². The number of nitrogens with zero attached hydrogens (tertiary/aromatic N) is 2. The summed E-state index contributed by atoms with van der Waals surface area (Å²) in [5.74, 6) is -0.0526. The van der Waals surface area contributed by atoms with Crippen LogP contribution in [-0.2, 0) is 29.1 Å². The maximum Gasteiger partial charge on any atom is 0.358 e.